The Kier molecular flexibility index (Phi) is 7.68. The summed E-state index contributed by atoms with van der Waals surface area (Å²) in [4.78, 5) is 15.7. The second-order valence-electron chi connectivity index (χ2n) is 6.24. The average molecular weight is 352 g/mol. The maximum Gasteiger partial charge on any atom is 0.221 e. The predicted octanol–water partition coefficient (Wildman–Crippen LogP) is 3.25. The van der Waals surface area contributed by atoms with Gasteiger partial charge in [0.2, 0.25) is 5.91 Å². The molecule has 0 fully saturated rings. The van der Waals surface area contributed by atoms with E-state index in [-0.39, 0.29) is 5.91 Å². The minimum atomic E-state index is -0.0560. The Morgan fingerprint density at radius 2 is 1.62 bits per heavy atom. The van der Waals surface area contributed by atoms with Crippen LogP contribution in [-0.2, 0) is 17.8 Å². The Morgan fingerprint density at radius 3 is 2.23 bits per heavy atom. The first-order valence-corrected chi connectivity index (χ1v) is 9.01. The van der Waals surface area contributed by atoms with Crippen molar-refractivity contribution >= 4 is 17.6 Å². The zero-order valence-corrected chi connectivity index (χ0v) is 15.8. The van der Waals surface area contributed by atoms with E-state index in [1.54, 1.807) is 0 Å². The van der Waals surface area contributed by atoms with E-state index in [2.05, 4.69) is 59.1 Å². The number of carbonyl (C=O) groups is 1. The molecule has 26 heavy (non-hydrogen) atoms. The number of aryl methyl sites for hydroxylation is 1. The highest BCUT2D eigenvalue weighted by Crippen LogP contribution is 2.09. The number of carbonyl (C=O) groups excluding carboxylic acids is 1. The zero-order valence-electron chi connectivity index (χ0n) is 15.8. The molecule has 0 aliphatic carbocycles. The molecule has 5 heteroatoms. The standard InChI is InChI=1S/C21H28N4O/c1-4-22-21(24-15-19-7-5-16(2)6-8-19)23-14-13-18-9-11-20(12-10-18)25-17(3)26/h5-12H,4,13-15H2,1-3H3,(H,25,26)(H2,22,23,24). The third kappa shape index (κ3) is 6.97. The van der Waals surface area contributed by atoms with Crippen LogP contribution in [0.1, 0.15) is 30.5 Å². The van der Waals surface area contributed by atoms with E-state index >= 15 is 0 Å². The van der Waals surface area contributed by atoms with Gasteiger partial charge >= 0.3 is 0 Å². The Balaban J connectivity index is 1.84. The number of hydrogen-bond acceptors (Lipinski definition) is 2. The van der Waals surface area contributed by atoms with Crippen molar-refractivity contribution in [2.24, 2.45) is 4.99 Å². The van der Waals surface area contributed by atoms with Crippen LogP contribution >= 0.6 is 0 Å². The van der Waals surface area contributed by atoms with Crippen LogP contribution in [0.3, 0.4) is 0 Å². The molecule has 0 radical (unpaired) electrons. The van der Waals surface area contributed by atoms with Crippen LogP contribution in [0.5, 0.6) is 0 Å². The normalized spacial score (nSPS) is 11.1. The first-order valence-electron chi connectivity index (χ1n) is 9.01. The fourth-order valence-corrected chi connectivity index (χ4v) is 2.49. The second-order valence-corrected chi connectivity index (χ2v) is 6.24. The first-order chi connectivity index (χ1) is 12.6. The smallest absolute Gasteiger partial charge is 0.221 e. The van der Waals surface area contributed by atoms with Gasteiger partial charge in [-0.2, -0.15) is 0 Å². The number of benzene rings is 2. The minimum absolute atomic E-state index is 0.0560. The van der Waals surface area contributed by atoms with Crippen molar-refractivity contribution < 1.29 is 4.79 Å². The number of guanidine groups is 1. The highest BCUT2D eigenvalue weighted by atomic mass is 16.1. The van der Waals surface area contributed by atoms with Gasteiger partial charge in [-0.3, -0.25) is 4.79 Å². The van der Waals surface area contributed by atoms with Crippen molar-refractivity contribution in [2.75, 3.05) is 18.4 Å². The monoisotopic (exact) mass is 352 g/mol. The van der Waals surface area contributed by atoms with Crippen molar-refractivity contribution in [3.05, 3.63) is 65.2 Å². The van der Waals surface area contributed by atoms with Gasteiger partial charge in [0.25, 0.3) is 0 Å². The summed E-state index contributed by atoms with van der Waals surface area (Å²) < 4.78 is 0. The molecule has 0 heterocycles. The molecule has 2 rings (SSSR count). The van der Waals surface area contributed by atoms with Gasteiger partial charge in [0, 0.05) is 25.7 Å². The molecule has 0 saturated heterocycles. The van der Waals surface area contributed by atoms with Crippen LogP contribution in [0, 0.1) is 6.92 Å². The number of anilines is 1. The molecule has 2 aromatic carbocycles. The number of hydrogen-bond donors (Lipinski definition) is 3. The second kappa shape index (κ2) is 10.2. The van der Waals surface area contributed by atoms with Crippen LogP contribution in [0.15, 0.2) is 53.5 Å². The molecule has 0 aliphatic heterocycles. The lowest BCUT2D eigenvalue weighted by Gasteiger charge is -2.11. The third-order valence-electron chi connectivity index (χ3n) is 3.86. The van der Waals surface area contributed by atoms with Crippen molar-refractivity contribution in [2.45, 2.75) is 33.7 Å². The Hall–Kier alpha value is -2.82. The van der Waals surface area contributed by atoms with Gasteiger partial charge in [-0.25, -0.2) is 4.99 Å². The zero-order chi connectivity index (χ0) is 18.8. The van der Waals surface area contributed by atoms with Gasteiger partial charge in [0.15, 0.2) is 5.96 Å². The van der Waals surface area contributed by atoms with Gasteiger partial charge in [0.1, 0.15) is 0 Å². The highest BCUT2D eigenvalue weighted by molar-refractivity contribution is 5.88. The van der Waals surface area contributed by atoms with E-state index in [1.165, 1.54) is 23.6 Å². The van der Waals surface area contributed by atoms with Crippen molar-refractivity contribution in [1.29, 1.82) is 0 Å². The molecule has 0 unspecified atom stereocenters. The van der Waals surface area contributed by atoms with E-state index in [9.17, 15) is 4.79 Å². The number of nitrogens with zero attached hydrogens (tertiary/aromatic N) is 1. The molecule has 138 valence electrons. The Labute approximate surface area is 155 Å². The molecule has 0 aromatic heterocycles. The number of rotatable bonds is 7. The average Bonchev–Trinajstić information content (AvgIpc) is 2.62. The lowest BCUT2D eigenvalue weighted by atomic mass is 10.1. The van der Waals surface area contributed by atoms with Crippen LogP contribution in [-0.4, -0.2) is 25.0 Å². The molecule has 1 amide bonds. The van der Waals surface area contributed by atoms with Gasteiger partial charge in [0.05, 0.1) is 6.54 Å². The van der Waals surface area contributed by atoms with Crippen LogP contribution < -0.4 is 16.0 Å². The summed E-state index contributed by atoms with van der Waals surface area (Å²) in [6.45, 7) is 7.92. The molecular formula is C21H28N4O. The first kappa shape index (κ1) is 19.5. The molecule has 0 saturated carbocycles. The maximum absolute atomic E-state index is 11.0. The minimum Gasteiger partial charge on any atom is -0.357 e. The number of amides is 1. The van der Waals surface area contributed by atoms with E-state index in [4.69, 9.17) is 0 Å². The molecule has 0 spiro atoms. The molecule has 5 nitrogen and oxygen atoms in total. The maximum atomic E-state index is 11.0. The van der Waals surface area contributed by atoms with Crippen LogP contribution in [0.4, 0.5) is 5.69 Å². The highest BCUT2D eigenvalue weighted by Gasteiger charge is 2.00. The molecule has 0 atom stereocenters. The van der Waals surface area contributed by atoms with E-state index in [1.807, 2.05) is 24.3 Å². The Morgan fingerprint density at radius 1 is 0.962 bits per heavy atom. The SMILES string of the molecule is CCNC(=NCc1ccc(C)cc1)NCCc1ccc(NC(C)=O)cc1. The summed E-state index contributed by atoms with van der Waals surface area (Å²) >= 11 is 0. The summed E-state index contributed by atoms with van der Waals surface area (Å²) in [7, 11) is 0. The van der Waals surface area contributed by atoms with E-state index < -0.39 is 0 Å². The third-order valence-corrected chi connectivity index (χ3v) is 3.86. The van der Waals surface area contributed by atoms with Crippen LogP contribution in [0.2, 0.25) is 0 Å². The van der Waals surface area contributed by atoms with Crippen molar-refractivity contribution in [3.8, 4) is 0 Å². The summed E-state index contributed by atoms with van der Waals surface area (Å²) in [5.41, 5.74) is 4.48. The Bertz CT molecular complexity index is 721. The van der Waals surface area contributed by atoms with Crippen molar-refractivity contribution in [3.63, 3.8) is 0 Å². The number of nitrogens with one attached hydrogen (secondary N) is 3. The summed E-state index contributed by atoms with van der Waals surface area (Å²) in [5, 5.41) is 9.41. The van der Waals surface area contributed by atoms with Gasteiger partial charge in [-0.15, -0.1) is 0 Å². The van der Waals surface area contributed by atoms with E-state index in [0.717, 1.165) is 31.2 Å². The molecule has 2 aromatic rings. The number of aliphatic imine (C=N–C) groups is 1. The topological polar surface area (TPSA) is 65.5 Å². The lowest BCUT2D eigenvalue weighted by Crippen LogP contribution is -2.38. The predicted molar refractivity (Wildman–Crippen MR) is 108 cm³/mol. The quantitative estimate of drug-likeness (QED) is 0.529. The summed E-state index contributed by atoms with van der Waals surface area (Å²) in [6.07, 6.45) is 0.884. The lowest BCUT2D eigenvalue weighted by molar-refractivity contribution is -0.114. The van der Waals surface area contributed by atoms with Crippen molar-refractivity contribution in [1.82, 2.24) is 10.6 Å². The largest absolute Gasteiger partial charge is 0.357 e. The summed E-state index contributed by atoms with van der Waals surface area (Å²) in [6, 6.07) is 16.3. The fraction of sp³-hybridized carbons (Fsp3) is 0.333. The van der Waals surface area contributed by atoms with Gasteiger partial charge < -0.3 is 16.0 Å². The summed E-state index contributed by atoms with van der Waals surface area (Å²) in [5.74, 6) is 0.766. The molecule has 0 bridgehead atoms. The van der Waals surface area contributed by atoms with Gasteiger partial charge in [-0.1, -0.05) is 42.0 Å². The molecule has 0 aliphatic rings. The van der Waals surface area contributed by atoms with E-state index in [0.29, 0.717) is 6.54 Å². The molecule has 3 N–H and O–H groups in total. The van der Waals surface area contributed by atoms with Crippen LogP contribution in [0.25, 0.3) is 0 Å². The van der Waals surface area contributed by atoms with Gasteiger partial charge in [-0.05, 0) is 43.5 Å². The fourth-order valence-electron chi connectivity index (χ4n) is 2.49. The molecular weight excluding hydrogens is 324 g/mol.